The van der Waals surface area contributed by atoms with Crippen molar-refractivity contribution < 1.29 is 9.84 Å². The molecular formula is C19H23ClN2O2S. The molecule has 0 saturated carbocycles. The molecule has 25 heavy (non-hydrogen) atoms. The SMILES string of the molecule is Cc1cccc(CN2CC[C@]3(C[C@@H]2C)OC[C@H](O)c2cc(Cl)sc23)n1. The summed E-state index contributed by atoms with van der Waals surface area (Å²) in [5.74, 6) is 0. The summed E-state index contributed by atoms with van der Waals surface area (Å²) in [7, 11) is 0. The number of hydrogen-bond acceptors (Lipinski definition) is 5. The van der Waals surface area contributed by atoms with E-state index < -0.39 is 6.10 Å². The van der Waals surface area contributed by atoms with Gasteiger partial charge in [-0.05, 0) is 44.9 Å². The van der Waals surface area contributed by atoms with Crippen molar-refractivity contribution in [3.63, 3.8) is 0 Å². The Hall–Kier alpha value is -0.980. The Bertz CT molecular complexity index is 781. The van der Waals surface area contributed by atoms with E-state index in [1.54, 1.807) is 11.3 Å². The monoisotopic (exact) mass is 378 g/mol. The minimum Gasteiger partial charge on any atom is -0.386 e. The van der Waals surface area contributed by atoms with E-state index in [1.165, 1.54) is 0 Å². The van der Waals surface area contributed by atoms with E-state index in [-0.39, 0.29) is 5.60 Å². The first-order chi connectivity index (χ1) is 12.0. The Morgan fingerprint density at radius 2 is 2.32 bits per heavy atom. The van der Waals surface area contributed by atoms with Gasteiger partial charge >= 0.3 is 0 Å². The van der Waals surface area contributed by atoms with Crippen LogP contribution in [-0.2, 0) is 16.9 Å². The van der Waals surface area contributed by atoms with Crippen molar-refractivity contribution in [3.8, 4) is 0 Å². The van der Waals surface area contributed by atoms with Crippen LogP contribution in [0, 0.1) is 6.92 Å². The third-order valence-electron chi connectivity index (χ3n) is 5.38. The summed E-state index contributed by atoms with van der Waals surface area (Å²) in [6.07, 6.45) is 1.27. The number of nitrogens with zero attached hydrogens (tertiary/aromatic N) is 2. The van der Waals surface area contributed by atoms with Crippen molar-refractivity contribution in [1.82, 2.24) is 9.88 Å². The zero-order valence-corrected chi connectivity index (χ0v) is 16.1. The number of aliphatic hydroxyl groups excluding tert-OH is 1. The predicted octanol–water partition coefficient (Wildman–Crippen LogP) is 4.05. The highest BCUT2D eigenvalue weighted by Gasteiger charge is 2.46. The fourth-order valence-electron chi connectivity index (χ4n) is 4.09. The van der Waals surface area contributed by atoms with E-state index in [4.69, 9.17) is 16.3 Å². The molecule has 6 heteroatoms. The molecule has 4 rings (SSSR count). The maximum atomic E-state index is 10.2. The number of fused-ring (bicyclic) bond motifs is 2. The molecule has 134 valence electrons. The molecule has 0 aliphatic carbocycles. The highest BCUT2D eigenvalue weighted by molar-refractivity contribution is 7.16. The van der Waals surface area contributed by atoms with Gasteiger partial charge in [0.05, 0.1) is 16.6 Å². The van der Waals surface area contributed by atoms with Crippen molar-refractivity contribution in [3.05, 3.63) is 50.4 Å². The summed E-state index contributed by atoms with van der Waals surface area (Å²) in [6.45, 7) is 6.44. The molecule has 0 amide bonds. The van der Waals surface area contributed by atoms with Crippen molar-refractivity contribution in [2.24, 2.45) is 0 Å². The molecule has 1 saturated heterocycles. The average molecular weight is 379 g/mol. The number of likely N-dealkylation sites (tertiary alicyclic amines) is 1. The molecule has 0 unspecified atom stereocenters. The molecule has 1 spiro atoms. The maximum Gasteiger partial charge on any atom is 0.105 e. The lowest BCUT2D eigenvalue weighted by molar-refractivity contribution is -0.139. The number of aryl methyl sites for hydroxylation is 1. The molecule has 1 N–H and O–H groups in total. The van der Waals surface area contributed by atoms with E-state index in [0.717, 1.165) is 52.1 Å². The molecule has 0 radical (unpaired) electrons. The molecule has 2 aliphatic rings. The topological polar surface area (TPSA) is 45.6 Å². The first-order valence-corrected chi connectivity index (χ1v) is 9.95. The molecule has 0 bridgehead atoms. The summed E-state index contributed by atoms with van der Waals surface area (Å²) in [6, 6.07) is 8.47. The number of pyridine rings is 1. The van der Waals surface area contributed by atoms with Crippen LogP contribution in [0.25, 0.3) is 0 Å². The fourth-order valence-corrected chi connectivity index (χ4v) is 5.56. The van der Waals surface area contributed by atoms with E-state index in [1.807, 2.05) is 19.1 Å². The standard InChI is InChI=1S/C19H23ClN2O2S/c1-12-4-3-5-14(21-12)10-22-7-6-19(9-13(22)2)18-15(8-17(20)25-18)16(23)11-24-19/h3-5,8,13,16,23H,6-7,9-11H2,1-2H3/t13-,16-,19+/m0/s1. The lowest BCUT2D eigenvalue weighted by atomic mass is 9.81. The van der Waals surface area contributed by atoms with Crippen LogP contribution in [0.5, 0.6) is 0 Å². The van der Waals surface area contributed by atoms with Gasteiger partial charge in [0.2, 0.25) is 0 Å². The molecule has 1 fully saturated rings. The normalized spacial score (nSPS) is 29.8. The smallest absolute Gasteiger partial charge is 0.105 e. The summed E-state index contributed by atoms with van der Waals surface area (Å²) in [5, 5.41) is 10.2. The quantitative estimate of drug-likeness (QED) is 0.856. The molecule has 3 atom stereocenters. The van der Waals surface area contributed by atoms with Crippen LogP contribution >= 0.6 is 22.9 Å². The Morgan fingerprint density at radius 1 is 1.48 bits per heavy atom. The lowest BCUT2D eigenvalue weighted by Crippen LogP contribution is -2.50. The molecule has 0 aromatic carbocycles. The first kappa shape index (κ1) is 17.4. The zero-order chi connectivity index (χ0) is 17.6. The summed E-state index contributed by atoms with van der Waals surface area (Å²) >= 11 is 7.80. The number of rotatable bonds is 2. The summed E-state index contributed by atoms with van der Waals surface area (Å²) in [5.41, 5.74) is 2.83. The highest BCUT2D eigenvalue weighted by Crippen LogP contribution is 2.50. The summed E-state index contributed by atoms with van der Waals surface area (Å²) in [4.78, 5) is 8.22. The van der Waals surface area contributed by atoms with Gasteiger partial charge in [0.25, 0.3) is 0 Å². The van der Waals surface area contributed by atoms with E-state index >= 15 is 0 Å². The number of halogens is 1. The second kappa shape index (κ2) is 6.63. The van der Waals surface area contributed by atoms with E-state index in [0.29, 0.717) is 12.6 Å². The second-order valence-corrected chi connectivity index (χ2v) is 8.88. The lowest BCUT2D eigenvalue weighted by Gasteiger charge is -2.47. The highest BCUT2D eigenvalue weighted by atomic mass is 35.5. The predicted molar refractivity (Wildman–Crippen MR) is 100.0 cm³/mol. The van der Waals surface area contributed by atoms with Crippen LogP contribution in [0.15, 0.2) is 24.3 Å². The van der Waals surface area contributed by atoms with Crippen LogP contribution < -0.4 is 0 Å². The van der Waals surface area contributed by atoms with Crippen LogP contribution in [0.4, 0.5) is 0 Å². The fraction of sp³-hybridized carbons (Fsp3) is 0.526. The van der Waals surface area contributed by atoms with Crippen molar-refractivity contribution >= 4 is 22.9 Å². The Balaban J connectivity index is 1.54. The molecule has 4 heterocycles. The van der Waals surface area contributed by atoms with E-state index in [2.05, 4.69) is 28.9 Å². The van der Waals surface area contributed by atoms with Crippen LogP contribution in [0.2, 0.25) is 4.34 Å². The number of piperidine rings is 1. The molecule has 2 aromatic heterocycles. The molecule has 2 aromatic rings. The van der Waals surface area contributed by atoms with Gasteiger partial charge in [0, 0.05) is 35.3 Å². The number of thiophene rings is 1. The second-order valence-electron chi connectivity index (χ2n) is 7.20. The van der Waals surface area contributed by atoms with Crippen LogP contribution in [-0.4, -0.2) is 34.2 Å². The average Bonchev–Trinajstić information content (AvgIpc) is 2.98. The number of hydrogen-bond donors (Lipinski definition) is 1. The van der Waals surface area contributed by atoms with Gasteiger partial charge in [0.1, 0.15) is 11.7 Å². The van der Waals surface area contributed by atoms with Gasteiger partial charge in [-0.25, -0.2) is 0 Å². The number of ether oxygens (including phenoxy) is 1. The third kappa shape index (κ3) is 3.24. The van der Waals surface area contributed by atoms with Crippen molar-refractivity contribution in [1.29, 1.82) is 0 Å². The van der Waals surface area contributed by atoms with Crippen molar-refractivity contribution in [2.75, 3.05) is 13.2 Å². The number of aliphatic hydroxyl groups is 1. The zero-order valence-electron chi connectivity index (χ0n) is 14.5. The Labute approximate surface area is 157 Å². The van der Waals surface area contributed by atoms with Gasteiger partial charge in [-0.1, -0.05) is 17.7 Å². The van der Waals surface area contributed by atoms with Gasteiger partial charge in [-0.2, -0.15) is 0 Å². The minimum atomic E-state index is -0.561. The largest absolute Gasteiger partial charge is 0.386 e. The number of aromatic nitrogens is 1. The minimum absolute atomic E-state index is 0.303. The Kier molecular flexibility index (Phi) is 4.63. The van der Waals surface area contributed by atoms with Gasteiger partial charge in [-0.3, -0.25) is 9.88 Å². The van der Waals surface area contributed by atoms with Crippen molar-refractivity contribution in [2.45, 2.75) is 51.0 Å². The maximum absolute atomic E-state index is 10.2. The van der Waals surface area contributed by atoms with E-state index in [9.17, 15) is 5.11 Å². The van der Waals surface area contributed by atoms with Crippen LogP contribution in [0.1, 0.15) is 47.7 Å². The molecule has 2 aliphatic heterocycles. The van der Waals surface area contributed by atoms with Gasteiger partial charge in [-0.15, -0.1) is 11.3 Å². The van der Waals surface area contributed by atoms with Gasteiger partial charge in [0.15, 0.2) is 0 Å². The van der Waals surface area contributed by atoms with Crippen LogP contribution in [0.3, 0.4) is 0 Å². The third-order valence-corrected chi connectivity index (χ3v) is 6.85. The summed E-state index contributed by atoms with van der Waals surface area (Å²) < 4.78 is 6.94. The van der Waals surface area contributed by atoms with Gasteiger partial charge < -0.3 is 9.84 Å². The Morgan fingerprint density at radius 3 is 3.08 bits per heavy atom. The molecular weight excluding hydrogens is 356 g/mol. The molecule has 4 nitrogen and oxygen atoms in total. The first-order valence-electron chi connectivity index (χ1n) is 8.75.